The molecule has 0 unspecified atom stereocenters. The van der Waals surface area contributed by atoms with E-state index in [4.69, 9.17) is 9.47 Å². The number of aromatic nitrogens is 2. The Labute approximate surface area is 222 Å². The van der Waals surface area contributed by atoms with Crippen molar-refractivity contribution in [2.24, 2.45) is 5.10 Å². The van der Waals surface area contributed by atoms with Crippen molar-refractivity contribution < 1.29 is 14.3 Å². The van der Waals surface area contributed by atoms with E-state index >= 15 is 0 Å². The molecule has 4 rings (SSSR count). The van der Waals surface area contributed by atoms with Gasteiger partial charge in [-0.2, -0.15) is 9.78 Å². The highest BCUT2D eigenvalue weighted by Gasteiger charge is 2.09. The second kappa shape index (κ2) is 13.3. The van der Waals surface area contributed by atoms with Crippen LogP contribution in [0.3, 0.4) is 0 Å². The summed E-state index contributed by atoms with van der Waals surface area (Å²) in [4.78, 5) is 29.8. The van der Waals surface area contributed by atoms with Gasteiger partial charge in [-0.25, -0.2) is 9.78 Å². The third-order valence-electron chi connectivity index (χ3n) is 6.19. The summed E-state index contributed by atoms with van der Waals surface area (Å²) in [6.07, 6.45) is 8.85. The number of para-hydroxylation sites is 1. The first-order valence-electron chi connectivity index (χ1n) is 13.1. The lowest BCUT2D eigenvalue weighted by Gasteiger charge is -2.08. The number of ether oxygens (including phenoxy) is 2. The quantitative estimate of drug-likeness (QED) is 0.0933. The minimum Gasteiger partial charge on any atom is -0.494 e. The second-order valence-corrected chi connectivity index (χ2v) is 9.14. The normalized spacial score (nSPS) is 11.2. The lowest BCUT2D eigenvalue weighted by molar-refractivity contribution is 0.0734. The van der Waals surface area contributed by atoms with Crippen molar-refractivity contribution in [3.63, 3.8) is 0 Å². The van der Waals surface area contributed by atoms with E-state index in [0.717, 1.165) is 17.7 Å². The van der Waals surface area contributed by atoms with Crippen LogP contribution in [-0.2, 0) is 0 Å². The summed E-state index contributed by atoms with van der Waals surface area (Å²) in [5.41, 5.74) is 1.61. The van der Waals surface area contributed by atoms with Gasteiger partial charge in [-0.1, -0.05) is 51.2 Å². The Morgan fingerprint density at radius 2 is 1.58 bits per heavy atom. The first-order valence-corrected chi connectivity index (χ1v) is 13.1. The maximum absolute atomic E-state index is 12.8. The van der Waals surface area contributed by atoms with Crippen LogP contribution in [0.5, 0.6) is 11.5 Å². The Morgan fingerprint density at radius 1 is 0.895 bits per heavy atom. The van der Waals surface area contributed by atoms with Crippen LogP contribution in [0.25, 0.3) is 10.9 Å². The summed E-state index contributed by atoms with van der Waals surface area (Å²) in [5.74, 6) is 1.21. The largest absolute Gasteiger partial charge is 0.494 e. The van der Waals surface area contributed by atoms with Crippen molar-refractivity contribution >= 4 is 23.1 Å². The summed E-state index contributed by atoms with van der Waals surface area (Å²) in [6.45, 7) is 4.63. The Bertz CT molecular complexity index is 1440. The predicted octanol–water partition coefficient (Wildman–Crippen LogP) is 6.55. The molecule has 1 heterocycles. The lowest BCUT2D eigenvalue weighted by Crippen LogP contribution is -2.20. The van der Waals surface area contributed by atoms with Gasteiger partial charge in [0.15, 0.2) is 0 Å². The standard InChI is InChI=1S/C31H33N3O4/c1-3-4-5-6-7-10-21-37-26-19-15-25(16-20-26)31(36)38-27-17-13-24(14-18-27)22-32-34-23(2)33-29-12-9-8-11-28(29)30(34)35/h8-9,11-20,22H,3-7,10,21H2,1-2H3/b32-22+. The van der Waals surface area contributed by atoms with Gasteiger partial charge in [0.05, 0.1) is 29.3 Å². The van der Waals surface area contributed by atoms with Crippen LogP contribution in [-0.4, -0.2) is 28.5 Å². The molecule has 4 aromatic rings. The fourth-order valence-electron chi connectivity index (χ4n) is 4.04. The Balaban J connectivity index is 1.30. The van der Waals surface area contributed by atoms with Crippen molar-refractivity contribution in [1.29, 1.82) is 0 Å². The van der Waals surface area contributed by atoms with E-state index in [-0.39, 0.29) is 5.56 Å². The molecule has 196 valence electrons. The number of hydrogen-bond donors (Lipinski definition) is 0. The van der Waals surface area contributed by atoms with Gasteiger partial charge < -0.3 is 9.47 Å². The SMILES string of the molecule is CCCCCCCCOc1ccc(C(=O)Oc2ccc(/C=N/n3c(C)nc4ccccc4c3=O)cc2)cc1. The molecule has 0 aliphatic heterocycles. The van der Waals surface area contributed by atoms with E-state index in [2.05, 4.69) is 17.0 Å². The minimum atomic E-state index is -0.446. The molecule has 7 heteroatoms. The molecular formula is C31H33N3O4. The average molecular weight is 512 g/mol. The Kier molecular flexibility index (Phi) is 9.40. The van der Waals surface area contributed by atoms with Crippen molar-refractivity contribution in [3.8, 4) is 11.5 Å². The maximum atomic E-state index is 12.8. The van der Waals surface area contributed by atoms with Crippen molar-refractivity contribution in [2.45, 2.75) is 52.4 Å². The number of rotatable bonds is 12. The first kappa shape index (κ1) is 26.8. The molecule has 0 N–H and O–H groups in total. The summed E-state index contributed by atoms with van der Waals surface area (Å²) in [6, 6.07) is 21.1. The topological polar surface area (TPSA) is 82.8 Å². The molecule has 38 heavy (non-hydrogen) atoms. The molecule has 0 aliphatic rings. The fourth-order valence-corrected chi connectivity index (χ4v) is 4.04. The molecule has 1 aromatic heterocycles. The summed E-state index contributed by atoms with van der Waals surface area (Å²) >= 11 is 0. The van der Waals surface area contributed by atoms with Crippen LogP contribution in [0.4, 0.5) is 0 Å². The molecule has 7 nitrogen and oxygen atoms in total. The third-order valence-corrected chi connectivity index (χ3v) is 6.19. The lowest BCUT2D eigenvalue weighted by atomic mass is 10.1. The van der Waals surface area contributed by atoms with Gasteiger partial charge in [-0.3, -0.25) is 4.79 Å². The van der Waals surface area contributed by atoms with Crippen molar-refractivity contribution in [2.75, 3.05) is 6.61 Å². The molecule has 0 fully saturated rings. The maximum Gasteiger partial charge on any atom is 0.343 e. The second-order valence-electron chi connectivity index (χ2n) is 9.14. The van der Waals surface area contributed by atoms with Gasteiger partial charge >= 0.3 is 5.97 Å². The Hall–Kier alpha value is -4.26. The van der Waals surface area contributed by atoms with Crippen LogP contribution in [0.1, 0.15) is 67.2 Å². The van der Waals surface area contributed by atoms with Gasteiger partial charge in [0.25, 0.3) is 5.56 Å². The number of aryl methyl sites for hydroxylation is 1. The monoisotopic (exact) mass is 511 g/mol. The number of nitrogens with zero attached hydrogens (tertiary/aromatic N) is 3. The van der Waals surface area contributed by atoms with Gasteiger partial charge in [-0.15, -0.1) is 0 Å². The smallest absolute Gasteiger partial charge is 0.343 e. The number of esters is 1. The van der Waals surface area contributed by atoms with E-state index in [1.807, 2.05) is 6.07 Å². The van der Waals surface area contributed by atoms with E-state index in [1.165, 1.54) is 36.8 Å². The molecule has 0 bridgehead atoms. The number of hydrogen-bond acceptors (Lipinski definition) is 6. The van der Waals surface area contributed by atoms with Gasteiger partial charge in [0, 0.05) is 0 Å². The van der Waals surface area contributed by atoms with Crippen LogP contribution in [0.15, 0.2) is 82.7 Å². The molecular weight excluding hydrogens is 478 g/mol. The highest BCUT2D eigenvalue weighted by molar-refractivity contribution is 5.91. The van der Waals surface area contributed by atoms with Gasteiger partial charge in [-0.05, 0) is 79.6 Å². The minimum absolute atomic E-state index is 0.228. The summed E-state index contributed by atoms with van der Waals surface area (Å²) in [7, 11) is 0. The van der Waals surface area contributed by atoms with Crippen LogP contribution in [0, 0.1) is 6.92 Å². The van der Waals surface area contributed by atoms with E-state index in [9.17, 15) is 9.59 Å². The summed E-state index contributed by atoms with van der Waals surface area (Å²) in [5, 5.41) is 4.82. The number of benzene rings is 3. The van der Waals surface area contributed by atoms with E-state index in [0.29, 0.717) is 34.6 Å². The zero-order valence-corrected chi connectivity index (χ0v) is 21.9. The fraction of sp³-hybridized carbons (Fsp3) is 0.290. The average Bonchev–Trinajstić information content (AvgIpc) is 2.93. The van der Waals surface area contributed by atoms with E-state index in [1.54, 1.807) is 79.9 Å². The highest BCUT2D eigenvalue weighted by atomic mass is 16.5. The number of carbonyl (C=O) groups excluding carboxylic acids is 1. The predicted molar refractivity (Wildman–Crippen MR) is 150 cm³/mol. The molecule has 0 radical (unpaired) electrons. The van der Waals surface area contributed by atoms with Gasteiger partial charge in [0.2, 0.25) is 0 Å². The molecule has 0 atom stereocenters. The molecule has 0 saturated carbocycles. The molecule has 0 saturated heterocycles. The van der Waals surface area contributed by atoms with Gasteiger partial charge in [0.1, 0.15) is 17.3 Å². The zero-order valence-electron chi connectivity index (χ0n) is 21.9. The first-order chi connectivity index (χ1) is 18.5. The van der Waals surface area contributed by atoms with Crippen LogP contribution < -0.4 is 15.0 Å². The van der Waals surface area contributed by atoms with Crippen molar-refractivity contribution in [3.05, 3.63) is 100 Å². The van der Waals surface area contributed by atoms with Crippen molar-refractivity contribution in [1.82, 2.24) is 9.66 Å². The summed E-state index contributed by atoms with van der Waals surface area (Å²) < 4.78 is 12.6. The third kappa shape index (κ3) is 7.16. The van der Waals surface area contributed by atoms with Crippen LogP contribution in [0.2, 0.25) is 0 Å². The van der Waals surface area contributed by atoms with Crippen LogP contribution >= 0.6 is 0 Å². The molecule has 0 aliphatic carbocycles. The van der Waals surface area contributed by atoms with E-state index < -0.39 is 5.97 Å². The number of unbranched alkanes of at least 4 members (excludes halogenated alkanes) is 5. The zero-order chi connectivity index (χ0) is 26.7. The number of carbonyl (C=O) groups is 1. The molecule has 3 aromatic carbocycles. The number of fused-ring (bicyclic) bond motifs is 1. The molecule has 0 spiro atoms. The Morgan fingerprint density at radius 3 is 2.34 bits per heavy atom. The molecule has 0 amide bonds. The highest BCUT2D eigenvalue weighted by Crippen LogP contribution is 2.17.